The highest BCUT2D eigenvalue weighted by Crippen LogP contribution is 2.37. The van der Waals surface area contributed by atoms with Gasteiger partial charge in [-0.05, 0) is 6.08 Å². The van der Waals surface area contributed by atoms with Crippen LogP contribution in [0.25, 0.3) is 0 Å². The van der Waals surface area contributed by atoms with Gasteiger partial charge >= 0.3 is 6.18 Å². The molecule has 0 aromatic heterocycles. The molecule has 1 aliphatic heterocycles. The molecule has 0 N–H and O–H groups in total. The Labute approximate surface area is 89.7 Å². The molecule has 2 nitrogen and oxygen atoms in total. The fourth-order valence-corrected chi connectivity index (χ4v) is 1.62. The SMILES string of the molecule is C=CC(F)(F)C(N1CCOCC1)C(F)(F)F. The van der Waals surface area contributed by atoms with E-state index in [1.807, 2.05) is 0 Å². The maximum absolute atomic E-state index is 13.2. The quantitative estimate of drug-likeness (QED) is 0.557. The number of alkyl halides is 5. The standard InChI is InChI=1S/C9H12F5NO/c1-2-8(10,11)7(9(12,13)14)15-3-5-16-6-4-15/h2,7H,1,3-6H2. The first-order chi connectivity index (χ1) is 7.29. The Hall–Kier alpha value is -0.690. The van der Waals surface area contributed by atoms with Gasteiger partial charge in [0.2, 0.25) is 0 Å². The van der Waals surface area contributed by atoms with Crippen molar-refractivity contribution in [2.45, 2.75) is 18.1 Å². The van der Waals surface area contributed by atoms with Gasteiger partial charge in [0.25, 0.3) is 5.92 Å². The number of ether oxygens (including phenoxy) is 1. The van der Waals surface area contributed by atoms with Crippen molar-refractivity contribution in [2.75, 3.05) is 26.3 Å². The summed E-state index contributed by atoms with van der Waals surface area (Å²) in [4.78, 5) is 0.686. The lowest BCUT2D eigenvalue weighted by molar-refractivity contribution is -0.240. The van der Waals surface area contributed by atoms with Gasteiger partial charge in [-0.1, -0.05) is 6.58 Å². The summed E-state index contributed by atoms with van der Waals surface area (Å²) in [6, 6.07) is -2.82. The number of nitrogens with zero attached hydrogens (tertiary/aromatic N) is 1. The topological polar surface area (TPSA) is 12.5 Å². The Balaban J connectivity index is 2.90. The molecule has 7 heteroatoms. The van der Waals surface area contributed by atoms with Crippen LogP contribution in [-0.2, 0) is 4.74 Å². The Morgan fingerprint density at radius 1 is 1.12 bits per heavy atom. The molecule has 16 heavy (non-hydrogen) atoms. The van der Waals surface area contributed by atoms with Crippen molar-refractivity contribution in [3.05, 3.63) is 12.7 Å². The van der Waals surface area contributed by atoms with Gasteiger partial charge in [0.15, 0.2) is 6.04 Å². The number of morpholine rings is 1. The third-order valence-electron chi connectivity index (χ3n) is 2.36. The molecule has 1 heterocycles. The van der Waals surface area contributed by atoms with Crippen LogP contribution in [0.3, 0.4) is 0 Å². The van der Waals surface area contributed by atoms with E-state index >= 15 is 0 Å². The summed E-state index contributed by atoms with van der Waals surface area (Å²) in [5.41, 5.74) is 0. The van der Waals surface area contributed by atoms with Crippen LogP contribution in [0.4, 0.5) is 22.0 Å². The molecule has 1 aliphatic rings. The zero-order valence-electron chi connectivity index (χ0n) is 8.44. The number of hydrogen-bond acceptors (Lipinski definition) is 2. The summed E-state index contributed by atoms with van der Waals surface area (Å²) in [7, 11) is 0. The van der Waals surface area contributed by atoms with Crippen LogP contribution in [-0.4, -0.2) is 49.3 Å². The molecule has 1 unspecified atom stereocenters. The highest BCUT2D eigenvalue weighted by Gasteiger charge is 2.57. The predicted molar refractivity (Wildman–Crippen MR) is 47.4 cm³/mol. The van der Waals surface area contributed by atoms with Crippen molar-refractivity contribution in [2.24, 2.45) is 0 Å². The molecule has 0 spiro atoms. The monoisotopic (exact) mass is 245 g/mol. The lowest BCUT2D eigenvalue weighted by Crippen LogP contribution is -2.58. The second-order valence-corrected chi connectivity index (χ2v) is 3.47. The number of rotatable bonds is 3. The minimum Gasteiger partial charge on any atom is -0.379 e. The molecule has 94 valence electrons. The molecule has 0 aromatic carbocycles. The van der Waals surface area contributed by atoms with Gasteiger partial charge in [0.1, 0.15) is 0 Å². The van der Waals surface area contributed by atoms with E-state index < -0.39 is 18.1 Å². The molecule has 0 radical (unpaired) electrons. The van der Waals surface area contributed by atoms with Gasteiger partial charge in [0.05, 0.1) is 13.2 Å². The van der Waals surface area contributed by atoms with Crippen molar-refractivity contribution in [1.82, 2.24) is 4.90 Å². The molecular formula is C9H12F5NO. The molecule has 1 fully saturated rings. The van der Waals surface area contributed by atoms with Crippen molar-refractivity contribution in [3.63, 3.8) is 0 Å². The Kier molecular flexibility index (Phi) is 3.90. The molecule has 1 rings (SSSR count). The van der Waals surface area contributed by atoms with E-state index in [0.717, 1.165) is 0 Å². The molecule has 0 saturated carbocycles. The lowest BCUT2D eigenvalue weighted by Gasteiger charge is -2.38. The van der Waals surface area contributed by atoms with E-state index in [0.29, 0.717) is 4.90 Å². The van der Waals surface area contributed by atoms with Gasteiger partial charge in [-0.15, -0.1) is 0 Å². The van der Waals surface area contributed by atoms with Gasteiger partial charge < -0.3 is 4.74 Å². The summed E-state index contributed by atoms with van der Waals surface area (Å²) >= 11 is 0. The zero-order chi connectivity index (χ0) is 12.4. The van der Waals surface area contributed by atoms with E-state index in [1.54, 1.807) is 0 Å². The van der Waals surface area contributed by atoms with E-state index in [1.165, 1.54) is 0 Å². The van der Waals surface area contributed by atoms with Crippen LogP contribution in [0.15, 0.2) is 12.7 Å². The average Bonchev–Trinajstić information content (AvgIpc) is 2.17. The molecule has 1 saturated heterocycles. The van der Waals surface area contributed by atoms with E-state index in [9.17, 15) is 22.0 Å². The second kappa shape index (κ2) is 4.67. The van der Waals surface area contributed by atoms with E-state index in [2.05, 4.69) is 6.58 Å². The van der Waals surface area contributed by atoms with Crippen LogP contribution >= 0.6 is 0 Å². The van der Waals surface area contributed by atoms with Gasteiger partial charge in [-0.2, -0.15) is 22.0 Å². The van der Waals surface area contributed by atoms with Gasteiger partial charge in [-0.25, -0.2) is 0 Å². The summed E-state index contributed by atoms with van der Waals surface area (Å²) in [6.07, 6.45) is -4.95. The molecule has 0 amide bonds. The highest BCUT2D eigenvalue weighted by atomic mass is 19.4. The molecular weight excluding hydrogens is 233 g/mol. The molecule has 1 atom stereocenters. The van der Waals surface area contributed by atoms with Crippen molar-refractivity contribution >= 4 is 0 Å². The third-order valence-corrected chi connectivity index (χ3v) is 2.36. The first kappa shape index (κ1) is 13.4. The lowest BCUT2D eigenvalue weighted by atomic mass is 10.1. The van der Waals surface area contributed by atoms with Crippen LogP contribution < -0.4 is 0 Å². The fourth-order valence-electron chi connectivity index (χ4n) is 1.62. The predicted octanol–water partition coefficient (Wildman–Crippen LogP) is 2.07. The average molecular weight is 245 g/mol. The molecule has 0 bridgehead atoms. The summed E-state index contributed by atoms with van der Waals surface area (Å²) in [5, 5.41) is 0. The van der Waals surface area contributed by atoms with Gasteiger partial charge in [0, 0.05) is 13.1 Å². The van der Waals surface area contributed by atoms with Crippen molar-refractivity contribution < 1.29 is 26.7 Å². The van der Waals surface area contributed by atoms with Crippen LogP contribution in [0.1, 0.15) is 0 Å². The third kappa shape index (κ3) is 2.91. The Morgan fingerprint density at radius 3 is 2.00 bits per heavy atom. The number of hydrogen-bond donors (Lipinski definition) is 0. The van der Waals surface area contributed by atoms with Crippen LogP contribution in [0.5, 0.6) is 0 Å². The molecule has 0 aliphatic carbocycles. The van der Waals surface area contributed by atoms with Crippen LogP contribution in [0, 0.1) is 0 Å². The second-order valence-electron chi connectivity index (χ2n) is 3.47. The zero-order valence-corrected chi connectivity index (χ0v) is 8.44. The summed E-state index contributed by atoms with van der Waals surface area (Å²) < 4.78 is 68.9. The highest BCUT2D eigenvalue weighted by molar-refractivity contribution is 5.01. The summed E-state index contributed by atoms with van der Waals surface area (Å²) in [6.45, 7) is 2.49. The largest absolute Gasteiger partial charge is 0.410 e. The van der Waals surface area contributed by atoms with Crippen LogP contribution in [0.2, 0.25) is 0 Å². The minimum absolute atomic E-state index is 0.0276. The first-order valence-electron chi connectivity index (χ1n) is 4.69. The fraction of sp³-hybridized carbons (Fsp3) is 0.778. The summed E-state index contributed by atoms with van der Waals surface area (Å²) in [5.74, 6) is -3.99. The molecule has 0 aromatic rings. The van der Waals surface area contributed by atoms with Crippen molar-refractivity contribution in [1.29, 1.82) is 0 Å². The maximum atomic E-state index is 13.2. The van der Waals surface area contributed by atoms with E-state index in [4.69, 9.17) is 4.74 Å². The Morgan fingerprint density at radius 2 is 1.62 bits per heavy atom. The smallest absolute Gasteiger partial charge is 0.379 e. The van der Waals surface area contributed by atoms with E-state index in [-0.39, 0.29) is 32.4 Å². The van der Waals surface area contributed by atoms with Crippen molar-refractivity contribution in [3.8, 4) is 0 Å². The maximum Gasteiger partial charge on any atom is 0.410 e. The number of halogens is 5. The van der Waals surface area contributed by atoms with Gasteiger partial charge in [-0.3, -0.25) is 4.90 Å². The minimum atomic E-state index is -4.99. The normalized spacial score (nSPS) is 21.8. The first-order valence-corrected chi connectivity index (χ1v) is 4.69. The Bertz CT molecular complexity index is 247.